The van der Waals surface area contributed by atoms with Gasteiger partial charge in [0.25, 0.3) is 0 Å². The van der Waals surface area contributed by atoms with Crippen molar-refractivity contribution >= 4 is 0 Å². The molecule has 0 radical (unpaired) electrons. The standard InChI is InChI=1S/C7H13NO2/c9-6-1-2-8-7(3-6)4-10-5-7/h6,8-9H,1-5H2. The van der Waals surface area contributed by atoms with Crippen molar-refractivity contribution in [1.29, 1.82) is 0 Å². The third-order valence-corrected chi connectivity index (χ3v) is 2.36. The van der Waals surface area contributed by atoms with Crippen LogP contribution in [0.25, 0.3) is 0 Å². The minimum atomic E-state index is -0.106. The van der Waals surface area contributed by atoms with Gasteiger partial charge in [-0.15, -0.1) is 0 Å². The summed E-state index contributed by atoms with van der Waals surface area (Å²) in [5, 5.41) is 12.7. The molecule has 1 atom stereocenters. The first kappa shape index (κ1) is 6.58. The molecule has 58 valence electrons. The minimum Gasteiger partial charge on any atom is -0.393 e. The summed E-state index contributed by atoms with van der Waals surface area (Å²) in [4.78, 5) is 0. The molecule has 0 aliphatic carbocycles. The Bertz CT molecular complexity index is 134. The molecule has 2 aliphatic rings. The highest BCUT2D eigenvalue weighted by molar-refractivity contribution is 4.98. The first-order chi connectivity index (χ1) is 4.81. The molecule has 0 aromatic rings. The summed E-state index contributed by atoms with van der Waals surface area (Å²) in [7, 11) is 0. The van der Waals surface area contributed by atoms with Crippen molar-refractivity contribution in [2.75, 3.05) is 19.8 Å². The number of piperidine rings is 1. The molecule has 0 saturated carbocycles. The van der Waals surface area contributed by atoms with E-state index < -0.39 is 0 Å². The van der Waals surface area contributed by atoms with E-state index in [1.54, 1.807) is 0 Å². The van der Waals surface area contributed by atoms with Gasteiger partial charge in [-0.2, -0.15) is 0 Å². The van der Waals surface area contributed by atoms with E-state index in [-0.39, 0.29) is 11.6 Å². The molecule has 2 N–H and O–H groups in total. The zero-order valence-electron chi connectivity index (χ0n) is 5.97. The molecule has 10 heavy (non-hydrogen) atoms. The lowest BCUT2D eigenvalue weighted by atomic mass is 9.86. The van der Waals surface area contributed by atoms with Crippen LogP contribution >= 0.6 is 0 Å². The van der Waals surface area contributed by atoms with Crippen LogP contribution in [0.5, 0.6) is 0 Å². The van der Waals surface area contributed by atoms with Crippen LogP contribution in [0.1, 0.15) is 12.8 Å². The molecule has 1 unspecified atom stereocenters. The van der Waals surface area contributed by atoms with Crippen molar-refractivity contribution in [2.45, 2.75) is 24.5 Å². The Balaban J connectivity index is 1.96. The number of ether oxygens (including phenoxy) is 1. The Hall–Kier alpha value is -0.120. The minimum absolute atomic E-state index is 0.106. The van der Waals surface area contributed by atoms with E-state index >= 15 is 0 Å². The van der Waals surface area contributed by atoms with Crippen LogP contribution in [-0.2, 0) is 4.74 Å². The molecule has 3 heteroatoms. The molecule has 0 aromatic heterocycles. The maximum atomic E-state index is 9.31. The number of nitrogens with one attached hydrogen (secondary N) is 1. The maximum Gasteiger partial charge on any atom is 0.0678 e. The third-order valence-electron chi connectivity index (χ3n) is 2.36. The molecule has 2 saturated heterocycles. The first-order valence-corrected chi connectivity index (χ1v) is 3.82. The fourth-order valence-corrected chi connectivity index (χ4v) is 1.70. The zero-order chi connectivity index (χ0) is 7.03. The Morgan fingerprint density at radius 3 is 2.70 bits per heavy atom. The van der Waals surface area contributed by atoms with Gasteiger partial charge in [0.15, 0.2) is 0 Å². The average Bonchev–Trinajstić information content (AvgIpc) is 1.85. The largest absolute Gasteiger partial charge is 0.393 e. The van der Waals surface area contributed by atoms with Crippen molar-refractivity contribution in [2.24, 2.45) is 0 Å². The number of rotatable bonds is 0. The summed E-state index contributed by atoms with van der Waals surface area (Å²) in [6.45, 7) is 2.50. The first-order valence-electron chi connectivity index (χ1n) is 3.82. The van der Waals surface area contributed by atoms with Crippen molar-refractivity contribution in [3.8, 4) is 0 Å². The monoisotopic (exact) mass is 143 g/mol. The summed E-state index contributed by atoms with van der Waals surface area (Å²) in [5.41, 5.74) is 0.150. The molecular weight excluding hydrogens is 130 g/mol. The lowest BCUT2D eigenvalue weighted by molar-refractivity contribution is -0.107. The van der Waals surface area contributed by atoms with Crippen LogP contribution in [0.3, 0.4) is 0 Å². The van der Waals surface area contributed by atoms with Gasteiger partial charge in [0.2, 0.25) is 0 Å². The van der Waals surface area contributed by atoms with Gasteiger partial charge in [0, 0.05) is 0 Å². The molecule has 2 heterocycles. The summed E-state index contributed by atoms with van der Waals surface area (Å²) in [6.07, 6.45) is 1.65. The summed E-state index contributed by atoms with van der Waals surface area (Å²) in [6, 6.07) is 0. The Labute approximate surface area is 60.4 Å². The van der Waals surface area contributed by atoms with Gasteiger partial charge >= 0.3 is 0 Å². The Morgan fingerprint density at radius 1 is 1.50 bits per heavy atom. The second kappa shape index (κ2) is 2.19. The van der Waals surface area contributed by atoms with E-state index in [1.165, 1.54) is 0 Å². The maximum absolute atomic E-state index is 9.31. The second-order valence-electron chi connectivity index (χ2n) is 3.35. The van der Waals surface area contributed by atoms with Gasteiger partial charge < -0.3 is 15.2 Å². The Morgan fingerprint density at radius 2 is 2.30 bits per heavy atom. The number of hydrogen-bond donors (Lipinski definition) is 2. The van der Waals surface area contributed by atoms with Gasteiger partial charge in [-0.05, 0) is 19.4 Å². The van der Waals surface area contributed by atoms with E-state index in [1.807, 2.05) is 0 Å². The van der Waals surface area contributed by atoms with E-state index in [2.05, 4.69) is 5.32 Å². The fourth-order valence-electron chi connectivity index (χ4n) is 1.70. The van der Waals surface area contributed by atoms with E-state index in [0.717, 1.165) is 32.6 Å². The van der Waals surface area contributed by atoms with E-state index in [0.29, 0.717) is 0 Å². The molecule has 2 aliphatic heterocycles. The predicted molar refractivity (Wildman–Crippen MR) is 36.8 cm³/mol. The molecule has 0 amide bonds. The van der Waals surface area contributed by atoms with Crippen LogP contribution in [0, 0.1) is 0 Å². The van der Waals surface area contributed by atoms with E-state index in [4.69, 9.17) is 4.74 Å². The van der Waals surface area contributed by atoms with Gasteiger partial charge in [0.05, 0.1) is 24.9 Å². The summed E-state index contributed by atoms with van der Waals surface area (Å²) < 4.78 is 5.09. The summed E-state index contributed by atoms with van der Waals surface area (Å²) >= 11 is 0. The van der Waals surface area contributed by atoms with Crippen LogP contribution in [0.2, 0.25) is 0 Å². The van der Waals surface area contributed by atoms with Crippen molar-refractivity contribution in [1.82, 2.24) is 5.32 Å². The number of aliphatic hydroxyl groups excluding tert-OH is 1. The number of hydrogen-bond acceptors (Lipinski definition) is 3. The molecular formula is C7H13NO2. The van der Waals surface area contributed by atoms with Gasteiger partial charge in [0.1, 0.15) is 0 Å². The topological polar surface area (TPSA) is 41.5 Å². The van der Waals surface area contributed by atoms with Gasteiger partial charge in [-0.25, -0.2) is 0 Å². The van der Waals surface area contributed by atoms with Crippen LogP contribution in [0.4, 0.5) is 0 Å². The molecule has 2 rings (SSSR count). The quantitative estimate of drug-likeness (QED) is 0.480. The third kappa shape index (κ3) is 0.944. The molecule has 0 bridgehead atoms. The normalized spacial score (nSPS) is 37.5. The van der Waals surface area contributed by atoms with Gasteiger partial charge in [-0.3, -0.25) is 0 Å². The lowest BCUT2D eigenvalue weighted by Crippen LogP contribution is -2.64. The smallest absolute Gasteiger partial charge is 0.0678 e. The van der Waals surface area contributed by atoms with Crippen molar-refractivity contribution < 1.29 is 9.84 Å². The lowest BCUT2D eigenvalue weighted by Gasteiger charge is -2.46. The molecule has 1 spiro atoms. The van der Waals surface area contributed by atoms with Crippen LogP contribution in [0.15, 0.2) is 0 Å². The number of aliphatic hydroxyl groups is 1. The highest BCUT2D eigenvalue weighted by atomic mass is 16.5. The highest BCUT2D eigenvalue weighted by Gasteiger charge is 2.41. The summed E-state index contributed by atoms with van der Waals surface area (Å²) in [5.74, 6) is 0. The van der Waals surface area contributed by atoms with E-state index in [9.17, 15) is 5.11 Å². The van der Waals surface area contributed by atoms with Crippen LogP contribution < -0.4 is 5.32 Å². The molecule has 3 nitrogen and oxygen atoms in total. The Kier molecular flexibility index (Phi) is 1.44. The second-order valence-corrected chi connectivity index (χ2v) is 3.35. The van der Waals surface area contributed by atoms with Crippen molar-refractivity contribution in [3.63, 3.8) is 0 Å². The highest BCUT2D eigenvalue weighted by Crippen LogP contribution is 2.26. The van der Waals surface area contributed by atoms with Gasteiger partial charge in [-0.1, -0.05) is 0 Å². The van der Waals surface area contributed by atoms with Crippen molar-refractivity contribution in [3.05, 3.63) is 0 Å². The molecule has 0 aromatic carbocycles. The fraction of sp³-hybridized carbons (Fsp3) is 1.00. The molecule has 2 fully saturated rings. The predicted octanol–water partition coefficient (Wildman–Crippen LogP) is -0.500. The zero-order valence-corrected chi connectivity index (χ0v) is 5.97. The SMILES string of the molecule is OC1CCNC2(COC2)C1. The van der Waals surface area contributed by atoms with Crippen LogP contribution in [-0.4, -0.2) is 36.5 Å². The average molecular weight is 143 g/mol.